The van der Waals surface area contributed by atoms with Gasteiger partial charge in [0, 0.05) is 19.5 Å². The highest BCUT2D eigenvalue weighted by atomic mass is 16.4. The Morgan fingerprint density at radius 1 is 1.60 bits per heavy atom. The van der Waals surface area contributed by atoms with Crippen LogP contribution in [0.3, 0.4) is 0 Å². The number of rotatable bonds is 3. The number of fused-ring (bicyclic) bond motifs is 1. The number of hydrogen-bond acceptors (Lipinski definition) is 5. The summed E-state index contributed by atoms with van der Waals surface area (Å²) < 4.78 is 7.30. The average molecular weight is 275 g/mol. The SMILES string of the molecule is CCc1nc(C)c(C(=O)Nc2cnn3c2NCCC3)o1. The molecule has 0 fully saturated rings. The van der Waals surface area contributed by atoms with Crippen molar-refractivity contribution in [2.75, 3.05) is 17.2 Å². The van der Waals surface area contributed by atoms with Crippen molar-refractivity contribution in [1.29, 1.82) is 0 Å². The molecule has 0 aromatic carbocycles. The number of anilines is 2. The van der Waals surface area contributed by atoms with E-state index in [4.69, 9.17) is 4.42 Å². The van der Waals surface area contributed by atoms with Gasteiger partial charge in [-0.1, -0.05) is 6.92 Å². The molecule has 0 aliphatic carbocycles. The molecule has 20 heavy (non-hydrogen) atoms. The quantitative estimate of drug-likeness (QED) is 0.892. The van der Waals surface area contributed by atoms with Crippen LogP contribution in [0.1, 0.15) is 35.5 Å². The predicted octanol–water partition coefficient (Wildman–Crippen LogP) is 1.81. The van der Waals surface area contributed by atoms with Crippen molar-refractivity contribution < 1.29 is 9.21 Å². The molecule has 7 heteroatoms. The Kier molecular flexibility index (Phi) is 3.17. The van der Waals surface area contributed by atoms with Crippen molar-refractivity contribution in [1.82, 2.24) is 14.8 Å². The summed E-state index contributed by atoms with van der Waals surface area (Å²) in [5.74, 6) is 1.38. The molecule has 0 saturated carbocycles. The smallest absolute Gasteiger partial charge is 0.293 e. The van der Waals surface area contributed by atoms with Gasteiger partial charge in [0.2, 0.25) is 5.76 Å². The van der Waals surface area contributed by atoms with Crippen LogP contribution in [0.2, 0.25) is 0 Å². The lowest BCUT2D eigenvalue weighted by Gasteiger charge is -2.16. The first-order valence-electron chi connectivity index (χ1n) is 6.76. The number of amides is 1. The number of hydrogen-bond donors (Lipinski definition) is 2. The van der Waals surface area contributed by atoms with Crippen LogP contribution in [-0.4, -0.2) is 27.2 Å². The van der Waals surface area contributed by atoms with Crippen molar-refractivity contribution in [3.8, 4) is 0 Å². The van der Waals surface area contributed by atoms with Crippen LogP contribution in [0.5, 0.6) is 0 Å². The summed E-state index contributed by atoms with van der Waals surface area (Å²) in [7, 11) is 0. The van der Waals surface area contributed by atoms with Gasteiger partial charge in [-0.2, -0.15) is 5.10 Å². The van der Waals surface area contributed by atoms with E-state index in [1.165, 1.54) is 0 Å². The summed E-state index contributed by atoms with van der Waals surface area (Å²) >= 11 is 0. The average Bonchev–Trinajstić information content (AvgIpc) is 3.03. The third-order valence-corrected chi connectivity index (χ3v) is 3.28. The summed E-state index contributed by atoms with van der Waals surface area (Å²) in [6.45, 7) is 5.45. The monoisotopic (exact) mass is 275 g/mol. The van der Waals surface area contributed by atoms with E-state index in [2.05, 4.69) is 20.7 Å². The molecule has 7 nitrogen and oxygen atoms in total. The highest BCUT2D eigenvalue weighted by Gasteiger charge is 2.21. The van der Waals surface area contributed by atoms with Crippen LogP contribution < -0.4 is 10.6 Å². The molecule has 0 saturated heterocycles. The van der Waals surface area contributed by atoms with Gasteiger partial charge < -0.3 is 15.1 Å². The van der Waals surface area contributed by atoms with Gasteiger partial charge in [-0.3, -0.25) is 4.79 Å². The zero-order valence-electron chi connectivity index (χ0n) is 11.6. The third kappa shape index (κ3) is 2.15. The Morgan fingerprint density at radius 2 is 2.45 bits per heavy atom. The number of nitrogens with zero attached hydrogens (tertiary/aromatic N) is 3. The molecule has 3 heterocycles. The Morgan fingerprint density at radius 3 is 3.20 bits per heavy atom. The van der Waals surface area contributed by atoms with Crippen LogP contribution in [0, 0.1) is 6.92 Å². The van der Waals surface area contributed by atoms with E-state index >= 15 is 0 Å². The van der Waals surface area contributed by atoms with E-state index < -0.39 is 0 Å². The number of carbonyl (C=O) groups is 1. The van der Waals surface area contributed by atoms with Gasteiger partial charge in [0.15, 0.2) is 5.89 Å². The Balaban J connectivity index is 1.82. The molecule has 0 radical (unpaired) electrons. The second kappa shape index (κ2) is 4.99. The molecule has 1 aliphatic rings. The molecule has 2 aromatic heterocycles. The predicted molar refractivity (Wildman–Crippen MR) is 73.9 cm³/mol. The maximum absolute atomic E-state index is 12.2. The van der Waals surface area contributed by atoms with E-state index in [9.17, 15) is 4.79 Å². The molecular weight excluding hydrogens is 258 g/mol. The summed E-state index contributed by atoms with van der Waals surface area (Å²) in [6.07, 6.45) is 3.35. The standard InChI is InChI=1S/C13H17N5O2/c1-3-10-16-8(2)11(20-10)13(19)17-9-7-15-18-6-4-5-14-12(9)18/h7,14H,3-6H2,1-2H3,(H,17,19). The Hall–Kier alpha value is -2.31. The highest BCUT2D eigenvalue weighted by Crippen LogP contribution is 2.25. The van der Waals surface area contributed by atoms with E-state index in [1.807, 2.05) is 11.6 Å². The van der Waals surface area contributed by atoms with Crippen LogP contribution in [0.15, 0.2) is 10.6 Å². The zero-order valence-corrected chi connectivity index (χ0v) is 11.6. The first-order chi connectivity index (χ1) is 9.69. The summed E-state index contributed by atoms with van der Waals surface area (Å²) in [5.41, 5.74) is 1.27. The highest BCUT2D eigenvalue weighted by molar-refractivity contribution is 6.04. The molecular formula is C13H17N5O2. The maximum atomic E-state index is 12.2. The minimum Gasteiger partial charge on any atom is -0.435 e. The van der Waals surface area contributed by atoms with Gasteiger partial charge in [-0.05, 0) is 13.3 Å². The normalized spacial score (nSPS) is 13.7. The Labute approximate surface area is 116 Å². The van der Waals surface area contributed by atoms with Crippen molar-refractivity contribution >= 4 is 17.4 Å². The number of oxazole rings is 1. The van der Waals surface area contributed by atoms with Crippen molar-refractivity contribution in [2.24, 2.45) is 0 Å². The summed E-state index contributed by atoms with van der Waals surface area (Å²) in [5, 5.41) is 10.3. The van der Waals surface area contributed by atoms with Gasteiger partial charge in [-0.25, -0.2) is 9.67 Å². The second-order valence-corrected chi connectivity index (χ2v) is 4.74. The maximum Gasteiger partial charge on any atom is 0.293 e. The third-order valence-electron chi connectivity index (χ3n) is 3.28. The fourth-order valence-electron chi connectivity index (χ4n) is 2.26. The van der Waals surface area contributed by atoms with E-state index in [-0.39, 0.29) is 11.7 Å². The second-order valence-electron chi connectivity index (χ2n) is 4.74. The molecule has 2 N–H and O–H groups in total. The first-order valence-corrected chi connectivity index (χ1v) is 6.76. The van der Waals surface area contributed by atoms with Crippen molar-refractivity contribution in [3.05, 3.63) is 23.5 Å². The van der Waals surface area contributed by atoms with Gasteiger partial charge >= 0.3 is 0 Å². The van der Waals surface area contributed by atoms with Crippen LogP contribution in [0.25, 0.3) is 0 Å². The fourth-order valence-corrected chi connectivity index (χ4v) is 2.26. The molecule has 3 rings (SSSR count). The Bertz CT molecular complexity index is 643. The number of nitrogens with one attached hydrogen (secondary N) is 2. The topological polar surface area (TPSA) is 85.0 Å². The van der Waals surface area contributed by atoms with Crippen LogP contribution >= 0.6 is 0 Å². The number of aromatic nitrogens is 3. The van der Waals surface area contributed by atoms with Gasteiger partial charge in [0.25, 0.3) is 5.91 Å². The molecule has 2 aromatic rings. The molecule has 1 amide bonds. The minimum atomic E-state index is -0.294. The zero-order chi connectivity index (χ0) is 14.1. The van der Waals surface area contributed by atoms with Crippen LogP contribution in [0.4, 0.5) is 11.5 Å². The molecule has 106 valence electrons. The van der Waals surface area contributed by atoms with Crippen molar-refractivity contribution in [3.63, 3.8) is 0 Å². The van der Waals surface area contributed by atoms with Gasteiger partial charge in [-0.15, -0.1) is 0 Å². The molecule has 0 bridgehead atoms. The largest absolute Gasteiger partial charge is 0.435 e. The summed E-state index contributed by atoms with van der Waals surface area (Å²) in [4.78, 5) is 16.4. The van der Waals surface area contributed by atoms with E-state index in [1.54, 1.807) is 13.1 Å². The lowest BCUT2D eigenvalue weighted by atomic mass is 10.3. The molecule has 0 atom stereocenters. The summed E-state index contributed by atoms with van der Waals surface area (Å²) in [6, 6.07) is 0. The lowest BCUT2D eigenvalue weighted by molar-refractivity contribution is 0.0994. The number of carbonyl (C=O) groups excluding carboxylic acids is 1. The first kappa shape index (κ1) is 12.7. The van der Waals surface area contributed by atoms with E-state index in [0.29, 0.717) is 23.7 Å². The fraction of sp³-hybridized carbons (Fsp3) is 0.462. The van der Waals surface area contributed by atoms with Crippen molar-refractivity contribution in [2.45, 2.75) is 33.2 Å². The van der Waals surface area contributed by atoms with Crippen LogP contribution in [-0.2, 0) is 13.0 Å². The number of aryl methyl sites for hydroxylation is 3. The minimum absolute atomic E-state index is 0.262. The van der Waals surface area contributed by atoms with Gasteiger partial charge in [0.05, 0.1) is 11.9 Å². The lowest BCUT2D eigenvalue weighted by Crippen LogP contribution is -2.19. The van der Waals surface area contributed by atoms with Gasteiger partial charge in [0.1, 0.15) is 11.5 Å². The van der Waals surface area contributed by atoms with E-state index in [0.717, 1.165) is 25.3 Å². The molecule has 1 aliphatic heterocycles. The molecule has 0 unspecified atom stereocenters. The molecule has 0 spiro atoms.